The van der Waals surface area contributed by atoms with E-state index in [0.29, 0.717) is 5.92 Å². The van der Waals surface area contributed by atoms with E-state index in [2.05, 4.69) is 26.4 Å². The van der Waals surface area contributed by atoms with Crippen LogP contribution in [0.25, 0.3) is 0 Å². The second-order valence-corrected chi connectivity index (χ2v) is 3.35. The number of alkyl halides is 1. The first-order valence-electron chi connectivity index (χ1n) is 3.40. The fourth-order valence-corrected chi connectivity index (χ4v) is 1.91. The van der Waals surface area contributed by atoms with Gasteiger partial charge in [0.1, 0.15) is 0 Å². The second-order valence-electron chi connectivity index (χ2n) is 2.79. The van der Waals surface area contributed by atoms with E-state index in [1.54, 1.807) is 0 Å². The zero-order chi connectivity index (χ0) is 7.03. The molecule has 3 nitrogen and oxygen atoms in total. The zero-order valence-electron chi connectivity index (χ0n) is 5.51. The van der Waals surface area contributed by atoms with Crippen molar-refractivity contribution in [3.05, 3.63) is 0 Å². The molecule has 4 heteroatoms. The molecule has 1 heterocycles. The van der Waals surface area contributed by atoms with E-state index in [0.717, 1.165) is 5.33 Å². The monoisotopic (exact) mass is 204 g/mol. The van der Waals surface area contributed by atoms with E-state index in [4.69, 9.17) is 4.84 Å². The van der Waals surface area contributed by atoms with Gasteiger partial charge in [0.25, 0.3) is 0 Å². The Kier molecular flexibility index (Phi) is 1.46. The Labute approximate surface area is 67.9 Å². The molecule has 0 aromatic heterocycles. The van der Waals surface area contributed by atoms with E-state index in [9.17, 15) is 0 Å². The normalized spacial score (nSPS) is 38.1. The molecule has 0 aromatic rings. The van der Waals surface area contributed by atoms with Gasteiger partial charge in [0.05, 0.1) is 0 Å². The molecule has 2 aliphatic rings. The Morgan fingerprint density at radius 1 is 1.80 bits per heavy atom. The molecule has 0 amide bonds. The molecule has 0 saturated heterocycles. The van der Waals surface area contributed by atoms with Crippen molar-refractivity contribution < 1.29 is 4.84 Å². The van der Waals surface area contributed by atoms with Gasteiger partial charge in [-0.15, -0.1) is 5.48 Å². The van der Waals surface area contributed by atoms with Gasteiger partial charge >= 0.3 is 0 Å². The summed E-state index contributed by atoms with van der Waals surface area (Å²) in [6, 6.07) is 0. The van der Waals surface area contributed by atoms with Gasteiger partial charge in [-0.2, -0.15) is 0 Å². The van der Waals surface area contributed by atoms with Crippen LogP contribution in [0, 0.1) is 5.92 Å². The largest absolute Gasteiger partial charge is 0.394 e. The summed E-state index contributed by atoms with van der Waals surface area (Å²) in [6.45, 7) is 0. The van der Waals surface area contributed by atoms with Gasteiger partial charge in [-0.1, -0.05) is 15.9 Å². The van der Waals surface area contributed by atoms with Crippen molar-refractivity contribution in [2.24, 2.45) is 10.9 Å². The SMILES string of the molecule is BrCC1(C2CC2)N=CON1. The van der Waals surface area contributed by atoms with Crippen molar-refractivity contribution in [3.63, 3.8) is 0 Å². The third-order valence-corrected chi connectivity index (χ3v) is 2.88. The van der Waals surface area contributed by atoms with Crippen molar-refractivity contribution in [1.29, 1.82) is 0 Å². The predicted molar refractivity (Wildman–Crippen MR) is 42.0 cm³/mol. The van der Waals surface area contributed by atoms with Crippen LogP contribution in [0.5, 0.6) is 0 Å². The van der Waals surface area contributed by atoms with Gasteiger partial charge < -0.3 is 4.84 Å². The molecular weight excluding hydrogens is 196 g/mol. The number of nitrogens with zero attached hydrogens (tertiary/aromatic N) is 1. The van der Waals surface area contributed by atoms with E-state index in [-0.39, 0.29) is 5.66 Å². The Hall–Kier alpha value is -0.0900. The van der Waals surface area contributed by atoms with E-state index >= 15 is 0 Å². The predicted octanol–water partition coefficient (Wildman–Crippen LogP) is 1.05. The molecule has 1 atom stereocenters. The van der Waals surface area contributed by atoms with Gasteiger partial charge in [0.15, 0.2) is 12.1 Å². The maximum Gasteiger partial charge on any atom is 0.198 e. The molecule has 1 N–H and O–H groups in total. The zero-order valence-corrected chi connectivity index (χ0v) is 7.10. The smallest absolute Gasteiger partial charge is 0.198 e. The summed E-state index contributed by atoms with van der Waals surface area (Å²) in [7, 11) is 0. The number of hydrogen-bond donors (Lipinski definition) is 1. The molecule has 0 radical (unpaired) electrons. The van der Waals surface area contributed by atoms with Crippen LogP contribution in [0.2, 0.25) is 0 Å². The molecule has 56 valence electrons. The molecule has 0 bridgehead atoms. The van der Waals surface area contributed by atoms with Crippen molar-refractivity contribution >= 4 is 22.3 Å². The van der Waals surface area contributed by atoms with Crippen LogP contribution in [-0.2, 0) is 4.84 Å². The van der Waals surface area contributed by atoms with Crippen molar-refractivity contribution in [2.45, 2.75) is 18.5 Å². The van der Waals surface area contributed by atoms with Crippen LogP contribution in [0.15, 0.2) is 4.99 Å². The van der Waals surface area contributed by atoms with Crippen molar-refractivity contribution in [3.8, 4) is 0 Å². The number of rotatable bonds is 2. The van der Waals surface area contributed by atoms with E-state index < -0.39 is 0 Å². The second kappa shape index (κ2) is 2.20. The summed E-state index contributed by atoms with van der Waals surface area (Å²) in [4.78, 5) is 9.12. The van der Waals surface area contributed by atoms with Crippen molar-refractivity contribution in [2.75, 3.05) is 5.33 Å². The lowest BCUT2D eigenvalue weighted by Crippen LogP contribution is -2.42. The molecule has 0 spiro atoms. The lowest BCUT2D eigenvalue weighted by molar-refractivity contribution is 0.124. The van der Waals surface area contributed by atoms with Gasteiger partial charge in [0.2, 0.25) is 0 Å². The van der Waals surface area contributed by atoms with Gasteiger partial charge in [-0.05, 0) is 12.8 Å². The Morgan fingerprint density at radius 2 is 2.60 bits per heavy atom. The maximum atomic E-state index is 4.88. The first kappa shape index (κ1) is 6.61. The molecule has 1 fully saturated rings. The Morgan fingerprint density at radius 3 is 3.00 bits per heavy atom. The summed E-state index contributed by atoms with van der Waals surface area (Å²) >= 11 is 3.42. The van der Waals surface area contributed by atoms with Crippen LogP contribution in [0.4, 0.5) is 0 Å². The molecule has 1 unspecified atom stereocenters. The van der Waals surface area contributed by atoms with Gasteiger partial charge in [-0.3, -0.25) is 0 Å². The summed E-state index contributed by atoms with van der Waals surface area (Å²) < 4.78 is 0. The lowest BCUT2D eigenvalue weighted by atomic mass is 10.1. The van der Waals surface area contributed by atoms with E-state index in [1.165, 1.54) is 19.2 Å². The highest BCUT2D eigenvalue weighted by molar-refractivity contribution is 9.09. The highest BCUT2D eigenvalue weighted by atomic mass is 79.9. The Bertz CT molecular complexity index is 169. The minimum Gasteiger partial charge on any atom is -0.394 e. The quantitative estimate of drug-likeness (QED) is 0.683. The summed E-state index contributed by atoms with van der Waals surface area (Å²) in [5, 5.41) is 0.834. The third kappa shape index (κ3) is 0.864. The summed E-state index contributed by atoms with van der Waals surface area (Å²) in [6.07, 6.45) is 4.01. The molecular formula is C6H9BrN2O. The number of aliphatic imine (C=N–C) groups is 1. The average Bonchev–Trinajstić information content (AvgIpc) is 2.71. The standard InChI is InChI=1S/C6H9BrN2O/c7-3-6(5-1-2-5)8-4-10-9-6/h4-5,9H,1-3H2. The highest BCUT2D eigenvalue weighted by Gasteiger charge is 2.47. The summed E-state index contributed by atoms with van der Waals surface area (Å²) in [5.41, 5.74) is 2.77. The average molecular weight is 205 g/mol. The first-order chi connectivity index (χ1) is 4.87. The number of hydroxylamine groups is 1. The fraction of sp³-hybridized carbons (Fsp3) is 0.833. The molecule has 0 aromatic carbocycles. The Balaban J connectivity index is 2.12. The van der Waals surface area contributed by atoms with Crippen LogP contribution < -0.4 is 5.48 Å². The number of nitrogens with one attached hydrogen (secondary N) is 1. The van der Waals surface area contributed by atoms with Gasteiger partial charge in [-0.25, -0.2) is 4.99 Å². The van der Waals surface area contributed by atoms with Crippen LogP contribution in [0.1, 0.15) is 12.8 Å². The minimum absolute atomic E-state index is 0.139. The third-order valence-electron chi connectivity index (χ3n) is 2.03. The minimum atomic E-state index is -0.139. The summed E-state index contributed by atoms with van der Waals surface area (Å²) in [5.74, 6) is 0.672. The topological polar surface area (TPSA) is 33.6 Å². The van der Waals surface area contributed by atoms with Crippen LogP contribution in [-0.4, -0.2) is 17.4 Å². The molecule has 1 aliphatic heterocycles. The molecule has 10 heavy (non-hydrogen) atoms. The number of hydrogen-bond acceptors (Lipinski definition) is 3. The van der Waals surface area contributed by atoms with Crippen LogP contribution >= 0.6 is 15.9 Å². The first-order valence-corrected chi connectivity index (χ1v) is 4.52. The number of halogens is 1. The van der Waals surface area contributed by atoms with Crippen molar-refractivity contribution in [1.82, 2.24) is 5.48 Å². The molecule has 1 aliphatic carbocycles. The maximum absolute atomic E-state index is 4.88. The van der Waals surface area contributed by atoms with E-state index in [1.807, 2.05) is 0 Å². The van der Waals surface area contributed by atoms with Crippen LogP contribution in [0.3, 0.4) is 0 Å². The fourth-order valence-electron chi connectivity index (χ4n) is 1.20. The van der Waals surface area contributed by atoms with Gasteiger partial charge in [0, 0.05) is 11.2 Å². The molecule has 2 rings (SSSR count). The lowest BCUT2D eigenvalue weighted by Gasteiger charge is -2.20. The molecule has 1 saturated carbocycles. The highest BCUT2D eigenvalue weighted by Crippen LogP contribution is 2.42.